The normalized spacial score (nSPS) is 24.8. The van der Waals surface area contributed by atoms with E-state index in [1.54, 1.807) is 18.2 Å². The number of rotatable bonds is 7. The summed E-state index contributed by atoms with van der Waals surface area (Å²) >= 11 is 0. The molecule has 0 unspecified atom stereocenters. The number of hydrogen-bond acceptors (Lipinski definition) is 5. The Morgan fingerprint density at radius 2 is 1.66 bits per heavy atom. The van der Waals surface area contributed by atoms with Gasteiger partial charge in [-0.2, -0.15) is 0 Å². The van der Waals surface area contributed by atoms with Gasteiger partial charge in [-0.05, 0) is 77.1 Å². The smallest absolute Gasteiger partial charge is 0.216 e. The largest absolute Gasteiger partial charge is 0.385 e. The first-order valence-electron chi connectivity index (χ1n) is 11.0. The highest BCUT2D eigenvalue weighted by Crippen LogP contribution is 2.25. The van der Waals surface area contributed by atoms with Crippen LogP contribution in [-0.2, 0) is 14.8 Å². The van der Waals surface area contributed by atoms with Gasteiger partial charge in [0.25, 0.3) is 0 Å². The summed E-state index contributed by atoms with van der Waals surface area (Å²) in [5.41, 5.74) is 2.39. The van der Waals surface area contributed by atoms with Crippen molar-refractivity contribution in [3.63, 3.8) is 0 Å². The van der Waals surface area contributed by atoms with Crippen molar-refractivity contribution in [1.29, 1.82) is 0 Å². The molecule has 2 fully saturated rings. The molecule has 2 aliphatic rings. The van der Waals surface area contributed by atoms with Gasteiger partial charge in [-0.3, -0.25) is 0 Å². The molecule has 29 heavy (non-hydrogen) atoms. The summed E-state index contributed by atoms with van der Waals surface area (Å²) in [5.74, 6) is 0.594. The van der Waals surface area contributed by atoms with E-state index >= 15 is 0 Å². The molecule has 0 radical (unpaired) electrons. The van der Waals surface area contributed by atoms with Gasteiger partial charge in [-0.1, -0.05) is 0 Å². The number of anilines is 2. The number of sulfonamides is 1. The minimum Gasteiger partial charge on any atom is -0.385 e. The molecule has 6 nitrogen and oxygen atoms in total. The maximum absolute atomic E-state index is 12.3. The van der Waals surface area contributed by atoms with E-state index in [1.165, 1.54) is 5.69 Å². The highest BCUT2D eigenvalue weighted by atomic mass is 32.2. The molecule has 0 spiro atoms. The number of morpholine rings is 1. The van der Waals surface area contributed by atoms with Crippen molar-refractivity contribution in [2.75, 3.05) is 42.9 Å². The molecule has 2 atom stereocenters. The van der Waals surface area contributed by atoms with Gasteiger partial charge in [-0.25, -0.2) is 12.7 Å². The number of nitrogens with zero attached hydrogens (tertiary/aromatic N) is 2. The highest BCUT2D eigenvalue weighted by Gasteiger charge is 2.29. The monoisotopic (exact) mass is 423 g/mol. The topological polar surface area (TPSA) is 61.9 Å². The number of nitrogens with one attached hydrogen (secondary N) is 1. The molecule has 3 rings (SSSR count). The number of ether oxygens (including phenoxy) is 1. The van der Waals surface area contributed by atoms with Gasteiger partial charge in [0.15, 0.2) is 0 Å². The van der Waals surface area contributed by atoms with Crippen LogP contribution in [0.5, 0.6) is 0 Å². The molecule has 2 saturated heterocycles. The molecule has 0 amide bonds. The van der Waals surface area contributed by atoms with E-state index in [-0.39, 0.29) is 17.5 Å². The molecule has 2 aliphatic heterocycles. The van der Waals surface area contributed by atoms with Gasteiger partial charge in [0.1, 0.15) is 0 Å². The van der Waals surface area contributed by atoms with Crippen LogP contribution in [0.4, 0.5) is 11.4 Å². The fourth-order valence-corrected chi connectivity index (χ4v) is 5.67. The van der Waals surface area contributed by atoms with Crippen LogP contribution in [-0.4, -0.2) is 62.9 Å². The van der Waals surface area contributed by atoms with Crippen LogP contribution in [0.1, 0.15) is 47.0 Å². The first-order valence-corrected chi connectivity index (χ1v) is 12.5. The van der Waals surface area contributed by atoms with Crippen LogP contribution in [0.2, 0.25) is 0 Å². The molecule has 0 aliphatic carbocycles. The molecular formula is C22H37N3O3S. The van der Waals surface area contributed by atoms with Crippen LogP contribution < -0.4 is 10.2 Å². The van der Waals surface area contributed by atoms with E-state index in [4.69, 9.17) is 4.74 Å². The minimum atomic E-state index is -3.10. The summed E-state index contributed by atoms with van der Waals surface area (Å²) in [5, 5.41) is 3.20. The SMILES string of the molecule is CC(C)S(=O)(=O)N1CCC(CCNc2ccc(N3C[C@@H](C)O[C@@H](C)C3)cc2)CC1. The summed E-state index contributed by atoms with van der Waals surface area (Å²) in [6, 6.07) is 8.67. The maximum Gasteiger partial charge on any atom is 0.216 e. The Hall–Kier alpha value is -1.31. The van der Waals surface area contributed by atoms with Gasteiger partial charge in [0.2, 0.25) is 10.0 Å². The molecule has 0 bridgehead atoms. The third kappa shape index (κ3) is 5.86. The number of hydrogen-bond donors (Lipinski definition) is 1. The average molecular weight is 424 g/mol. The number of benzene rings is 1. The van der Waals surface area contributed by atoms with Crippen molar-refractivity contribution >= 4 is 21.4 Å². The van der Waals surface area contributed by atoms with Gasteiger partial charge >= 0.3 is 0 Å². The van der Waals surface area contributed by atoms with Crippen LogP contribution in [0, 0.1) is 5.92 Å². The summed E-state index contributed by atoms with van der Waals surface area (Å²) in [6.45, 7) is 11.9. The van der Waals surface area contributed by atoms with E-state index in [0.29, 0.717) is 19.0 Å². The molecule has 2 heterocycles. The summed E-state index contributed by atoms with van der Waals surface area (Å²) in [4.78, 5) is 2.39. The third-order valence-electron chi connectivity index (χ3n) is 6.06. The maximum atomic E-state index is 12.3. The molecule has 0 saturated carbocycles. The van der Waals surface area contributed by atoms with Gasteiger partial charge in [0.05, 0.1) is 17.5 Å². The Balaban J connectivity index is 1.41. The van der Waals surface area contributed by atoms with Crippen LogP contribution >= 0.6 is 0 Å². The highest BCUT2D eigenvalue weighted by molar-refractivity contribution is 7.89. The Labute approximate surface area is 176 Å². The third-order valence-corrected chi connectivity index (χ3v) is 8.34. The van der Waals surface area contributed by atoms with Crippen molar-refractivity contribution in [2.45, 2.75) is 64.4 Å². The van der Waals surface area contributed by atoms with E-state index in [9.17, 15) is 8.42 Å². The zero-order valence-electron chi connectivity index (χ0n) is 18.3. The van der Waals surface area contributed by atoms with Gasteiger partial charge in [-0.15, -0.1) is 0 Å². The number of piperidine rings is 1. The Morgan fingerprint density at radius 3 is 2.21 bits per heavy atom. The molecule has 1 N–H and O–H groups in total. The Kier molecular flexibility index (Phi) is 7.46. The lowest BCUT2D eigenvalue weighted by Gasteiger charge is -2.36. The zero-order valence-corrected chi connectivity index (χ0v) is 19.1. The average Bonchev–Trinajstić information content (AvgIpc) is 2.68. The molecular weight excluding hydrogens is 386 g/mol. The summed E-state index contributed by atoms with van der Waals surface area (Å²) < 4.78 is 32.0. The van der Waals surface area contributed by atoms with E-state index < -0.39 is 10.0 Å². The van der Waals surface area contributed by atoms with E-state index in [2.05, 4.69) is 48.3 Å². The van der Waals surface area contributed by atoms with Crippen molar-refractivity contribution < 1.29 is 13.2 Å². The van der Waals surface area contributed by atoms with Crippen molar-refractivity contribution in [2.24, 2.45) is 5.92 Å². The summed E-state index contributed by atoms with van der Waals surface area (Å²) in [6.07, 6.45) is 3.52. The van der Waals surface area contributed by atoms with Crippen LogP contribution in [0.25, 0.3) is 0 Å². The van der Waals surface area contributed by atoms with Crippen molar-refractivity contribution in [3.05, 3.63) is 24.3 Å². The fraction of sp³-hybridized carbons (Fsp3) is 0.727. The minimum absolute atomic E-state index is 0.262. The quantitative estimate of drug-likeness (QED) is 0.727. The van der Waals surface area contributed by atoms with Gasteiger partial charge < -0.3 is 15.0 Å². The lowest BCUT2D eigenvalue weighted by molar-refractivity contribution is -0.00521. The van der Waals surface area contributed by atoms with Crippen molar-refractivity contribution in [3.8, 4) is 0 Å². The van der Waals surface area contributed by atoms with Crippen LogP contribution in [0.3, 0.4) is 0 Å². The second-order valence-electron chi connectivity index (χ2n) is 8.86. The Morgan fingerprint density at radius 1 is 1.07 bits per heavy atom. The second kappa shape index (κ2) is 9.67. The lowest BCUT2D eigenvalue weighted by atomic mass is 9.95. The zero-order chi connectivity index (χ0) is 21.0. The first-order chi connectivity index (χ1) is 13.8. The van der Waals surface area contributed by atoms with Crippen LogP contribution in [0.15, 0.2) is 24.3 Å². The lowest BCUT2D eigenvalue weighted by Crippen LogP contribution is -2.45. The predicted molar refractivity (Wildman–Crippen MR) is 120 cm³/mol. The predicted octanol–water partition coefficient (Wildman–Crippen LogP) is 3.55. The molecule has 1 aromatic carbocycles. The summed E-state index contributed by atoms with van der Waals surface area (Å²) in [7, 11) is -3.10. The fourth-order valence-electron chi connectivity index (χ4n) is 4.35. The van der Waals surface area contributed by atoms with E-state index in [0.717, 1.165) is 44.6 Å². The van der Waals surface area contributed by atoms with E-state index in [1.807, 2.05) is 0 Å². The molecule has 7 heteroatoms. The molecule has 1 aromatic rings. The molecule has 164 valence electrons. The first kappa shape index (κ1) is 22.4. The van der Waals surface area contributed by atoms with Crippen molar-refractivity contribution in [1.82, 2.24) is 4.31 Å². The second-order valence-corrected chi connectivity index (χ2v) is 11.3. The van der Waals surface area contributed by atoms with Gasteiger partial charge in [0, 0.05) is 44.1 Å². The standard InChI is InChI=1S/C22H37N3O3S/c1-17(2)29(26,27)25-13-10-20(11-14-25)9-12-23-21-5-7-22(8-6-21)24-15-18(3)28-19(4)16-24/h5-8,17-20,23H,9-16H2,1-4H3/t18-,19+. The molecule has 0 aromatic heterocycles. The Bertz CT molecular complexity index is 733.